The van der Waals surface area contributed by atoms with Gasteiger partial charge in [0.15, 0.2) is 0 Å². The second kappa shape index (κ2) is 4.72. The van der Waals surface area contributed by atoms with Crippen LogP contribution in [0.4, 0.5) is 5.69 Å². The maximum Gasteiger partial charge on any atom is 0.242 e. The molecule has 1 aromatic rings. The SMILES string of the molecule is CCC1(O)CN(c2ccccc2S(=O)(=O)NC2CC2)C1. The molecule has 1 heterocycles. The molecule has 5 nitrogen and oxygen atoms in total. The predicted octanol–water partition coefficient (Wildman–Crippen LogP) is 1.09. The molecule has 6 heteroatoms. The van der Waals surface area contributed by atoms with Crippen molar-refractivity contribution >= 4 is 15.7 Å². The quantitative estimate of drug-likeness (QED) is 0.853. The Labute approximate surface area is 119 Å². The molecular weight excluding hydrogens is 276 g/mol. The molecule has 0 aromatic heterocycles. The Kier molecular flexibility index (Phi) is 3.27. The Bertz CT molecular complexity index is 605. The van der Waals surface area contributed by atoms with Gasteiger partial charge in [0.1, 0.15) is 4.90 Å². The Morgan fingerprint density at radius 1 is 1.35 bits per heavy atom. The summed E-state index contributed by atoms with van der Waals surface area (Å²) in [6.45, 7) is 2.91. The zero-order valence-corrected chi connectivity index (χ0v) is 12.4. The van der Waals surface area contributed by atoms with Crippen molar-refractivity contribution in [2.45, 2.75) is 42.7 Å². The Morgan fingerprint density at radius 2 is 2.00 bits per heavy atom. The molecule has 1 aliphatic heterocycles. The van der Waals surface area contributed by atoms with E-state index in [9.17, 15) is 13.5 Å². The number of anilines is 1. The van der Waals surface area contributed by atoms with Crippen LogP contribution in [0.25, 0.3) is 0 Å². The summed E-state index contributed by atoms with van der Waals surface area (Å²) in [6, 6.07) is 7.09. The highest BCUT2D eigenvalue weighted by Gasteiger charge is 2.41. The number of β-amino-alcohol motifs (C(OH)–C–C–N with tert-alkyl or cyclic N) is 1. The summed E-state index contributed by atoms with van der Waals surface area (Å²) >= 11 is 0. The van der Waals surface area contributed by atoms with Gasteiger partial charge in [-0.3, -0.25) is 0 Å². The molecular formula is C14H20N2O3S. The topological polar surface area (TPSA) is 69.6 Å². The molecule has 1 aliphatic carbocycles. The Hall–Kier alpha value is -1.11. The van der Waals surface area contributed by atoms with Crippen molar-refractivity contribution in [3.63, 3.8) is 0 Å². The van der Waals surface area contributed by atoms with E-state index >= 15 is 0 Å². The van der Waals surface area contributed by atoms with Crippen LogP contribution < -0.4 is 9.62 Å². The largest absolute Gasteiger partial charge is 0.386 e. The third-order valence-electron chi connectivity index (χ3n) is 4.02. The lowest BCUT2D eigenvalue weighted by atomic mass is 9.91. The van der Waals surface area contributed by atoms with Crippen molar-refractivity contribution in [1.29, 1.82) is 0 Å². The second-order valence-corrected chi connectivity index (χ2v) is 7.48. The van der Waals surface area contributed by atoms with Gasteiger partial charge >= 0.3 is 0 Å². The zero-order chi connectivity index (χ0) is 14.4. The number of nitrogens with zero attached hydrogens (tertiary/aromatic N) is 1. The van der Waals surface area contributed by atoms with Crippen molar-refractivity contribution in [1.82, 2.24) is 4.72 Å². The standard InChI is InChI=1S/C14H20N2O3S/c1-2-14(17)9-16(10-14)12-5-3-4-6-13(12)20(18,19)15-11-7-8-11/h3-6,11,15,17H,2,7-10H2,1H3. The van der Waals surface area contributed by atoms with Gasteiger partial charge in [0, 0.05) is 19.1 Å². The van der Waals surface area contributed by atoms with E-state index in [0.717, 1.165) is 12.8 Å². The third-order valence-corrected chi connectivity index (χ3v) is 5.59. The molecule has 20 heavy (non-hydrogen) atoms. The molecule has 0 unspecified atom stereocenters. The highest BCUT2D eigenvalue weighted by molar-refractivity contribution is 7.89. The van der Waals surface area contributed by atoms with Gasteiger partial charge in [-0.1, -0.05) is 19.1 Å². The minimum absolute atomic E-state index is 0.0945. The van der Waals surface area contributed by atoms with Crippen molar-refractivity contribution < 1.29 is 13.5 Å². The van der Waals surface area contributed by atoms with E-state index in [2.05, 4.69) is 4.72 Å². The molecule has 1 aromatic carbocycles. The fourth-order valence-electron chi connectivity index (χ4n) is 2.49. The van der Waals surface area contributed by atoms with Gasteiger partial charge in [-0.25, -0.2) is 13.1 Å². The van der Waals surface area contributed by atoms with E-state index in [4.69, 9.17) is 0 Å². The van der Waals surface area contributed by atoms with Crippen LogP contribution in [0, 0.1) is 0 Å². The van der Waals surface area contributed by atoms with E-state index in [1.807, 2.05) is 17.9 Å². The molecule has 3 rings (SSSR count). The molecule has 0 amide bonds. The lowest BCUT2D eigenvalue weighted by Gasteiger charge is -2.48. The Balaban J connectivity index is 1.86. The van der Waals surface area contributed by atoms with Gasteiger partial charge in [0.05, 0.1) is 11.3 Å². The minimum atomic E-state index is -3.47. The van der Waals surface area contributed by atoms with Crippen molar-refractivity contribution in [2.75, 3.05) is 18.0 Å². The van der Waals surface area contributed by atoms with Crippen LogP contribution in [0.3, 0.4) is 0 Å². The number of hydrogen-bond acceptors (Lipinski definition) is 4. The molecule has 0 spiro atoms. The summed E-state index contributed by atoms with van der Waals surface area (Å²) in [5, 5.41) is 10.1. The number of hydrogen-bond donors (Lipinski definition) is 2. The smallest absolute Gasteiger partial charge is 0.242 e. The van der Waals surface area contributed by atoms with Crippen LogP contribution >= 0.6 is 0 Å². The summed E-state index contributed by atoms with van der Waals surface area (Å²) < 4.78 is 27.5. The fraction of sp³-hybridized carbons (Fsp3) is 0.571. The van der Waals surface area contributed by atoms with E-state index in [1.54, 1.807) is 18.2 Å². The summed E-state index contributed by atoms with van der Waals surface area (Å²) in [5.74, 6) is 0. The highest BCUT2D eigenvalue weighted by atomic mass is 32.2. The molecule has 0 radical (unpaired) electrons. The number of aliphatic hydroxyl groups is 1. The first kappa shape index (κ1) is 13.9. The van der Waals surface area contributed by atoms with Crippen LogP contribution in [-0.4, -0.2) is 38.3 Å². The van der Waals surface area contributed by atoms with E-state index in [-0.39, 0.29) is 6.04 Å². The summed E-state index contributed by atoms with van der Waals surface area (Å²) in [6.07, 6.45) is 2.51. The average Bonchev–Trinajstić information content (AvgIpc) is 3.18. The minimum Gasteiger partial charge on any atom is -0.386 e. The first-order chi connectivity index (χ1) is 9.43. The van der Waals surface area contributed by atoms with Gasteiger partial charge in [-0.05, 0) is 31.4 Å². The van der Waals surface area contributed by atoms with E-state index in [1.165, 1.54) is 0 Å². The molecule has 2 N–H and O–H groups in total. The van der Waals surface area contributed by atoms with Crippen molar-refractivity contribution in [3.05, 3.63) is 24.3 Å². The van der Waals surface area contributed by atoms with Crippen LogP contribution in [0.5, 0.6) is 0 Å². The maximum absolute atomic E-state index is 12.4. The number of nitrogens with one attached hydrogen (secondary N) is 1. The van der Waals surface area contributed by atoms with Crippen LogP contribution in [-0.2, 0) is 10.0 Å². The lowest BCUT2D eigenvalue weighted by Crippen LogP contribution is -2.62. The molecule has 1 saturated heterocycles. The molecule has 1 saturated carbocycles. The first-order valence-corrected chi connectivity index (χ1v) is 8.50. The van der Waals surface area contributed by atoms with Crippen molar-refractivity contribution in [3.8, 4) is 0 Å². The highest BCUT2D eigenvalue weighted by Crippen LogP contribution is 2.34. The summed E-state index contributed by atoms with van der Waals surface area (Å²) in [7, 11) is -3.47. The third kappa shape index (κ3) is 2.55. The summed E-state index contributed by atoms with van der Waals surface area (Å²) in [5.41, 5.74) is -0.000346. The van der Waals surface area contributed by atoms with Gasteiger partial charge in [0.25, 0.3) is 0 Å². The van der Waals surface area contributed by atoms with Crippen LogP contribution in [0.15, 0.2) is 29.2 Å². The number of para-hydroxylation sites is 1. The molecule has 2 fully saturated rings. The maximum atomic E-state index is 12.4. The number of benzene rings is 1. The van der Waals surface area contributed by atoms with Gasteiger partial charge in [0.2, 0.25) is 10.0 Å². The Morgan fingerprint density at radius 3 is 2.60 bits per heavy atom. The zero-order valence-electron chi connectivity index (χ0n) is 11.5. The first-order valence-electron chi connectivity index (χ1n) is 7.02. The number of sulfonamides is 1. The summed E-state index contributed by atoms with van der Waals surface area (Å²) in [4.78, 5) is 2.23. The molecule has 110 valence electrons. The predicted molar refractivity (Wildman–Crippen MR) is 77.2 cm³/mol. The molecule has 2 aliphatic rings. The average molecular weight is 296 g/mol. The van der Waals surface area contributed by atoms with Gasteiger partial charge in [-0.2, -0.15) is 0 Å². The molecule has 0 bridgehead atoms. The number of rotatable bonds is 5. The fourth-order valence-corrected chi connectivity index (χ4v) is 4.02. The lowest BCUT2D eigenvalue weighted by molar-refractivity contribution is 0.00822. The van der Waals surface area contributed by atoms with Crippen LogP contribution in [0.2, 0.25) is 0 Å². The van der Waals surface area contributed by atoms with Gasteiger partial charge in [-0.15, -0.1) is 0 Å². The monoisotopic (exact) mass is 296 g/mol. The van der Waals surface area contributed by atoms with Crippen LogP contribution in [0.1, 0.15) is 26.2 Å². The van der Waals surface area contributed by atoms with Crippen molar-refractivity contribution in [2.24, 2.45) is 0 Å². The normalized spacial score (nSPS) is 21.6. The van der Waals surface area contributed by atoms with E-state index in [0.29, 0.717) is 30.1 Å². The second-order valence-electron chi connectivity index (χ2n) is 5.80. The van der Waals surface area contributed by atoms with Gasteiger partial charge < -0.3 is 10.0 Å². The molecule has 0 atom stereocenters. The van der Waals surface area contributed by atoms with E-state index < -0.39 is 15.6 Å².